The van der Waals surface area contributed by atoms with Crippen molar-refractivity contribution >= 4 is 17.5 Å². The molecule has 0 unspecified atom stereocenters. The lowest BCUT2D eigenvalue weighted by atomic mass is 10.0. The number of amides is 1. The van der Waals surface area contributed by atoms with Crippen LogP contribution < -0.4 is 5.32 Å². The molecule has 2 fully saturated rings. The number of likely N-dealkylation sites (tertiary alicyclic amines) is 1. The summed E-state index contributed by atoms with van der Waals surface area (Å²) in [5.74, 6) is 0.584. The smallest absolute Gasteiger partial charge is 0.223 e. The van der Waals surface area contributed by atoms with Crippen molar-refractivity contribution in [2.24, 2.45) is 5.92 Å². The van der Waals surface area contributed by atoms with Gasteiger partial charge in [0.2, 0.25) is 5.91 Å². The van der Waals surface area contributed by atoms with E-state index in [1.165, 1.54) is 0 Å². The summed E-state index contributed by atoms with van der Waals surface area (Å²) in [6.07, 6.45) is 4.22. The fraction of sp³-hybridized carbons (Fsp3) is 0.750. The van der Waals surface area contributed by atoms with Crippen LogP contribution in [0.5, 0.6) is 0 Å². The van der Waals surface area contributed by atoms with E-state index in [0.717, 1.165) is 45.3 Å². The fourth-order valence-corrected chi connectivity index (χ4v) is 2.31. The Kier molecular flexibility index (Phi) is 3.87. The van der Waals surface area contributed by atoms with Gasteiger partial charge in [0.25, 0.3) is 0 Å². The molecular weight excluding hydrogens is 224 g/mol. The minimum absolute atomic E-state index is 0.264. The van der Waals surface area contributed by atoms with Crippen molar-refractivity contribution in [1.82, 2.24) is 10.2 Å². The zero-order valence-corrected chi connectivity index (χ0v) is 10.3. The summed E-state index contributed by atoms with van der Waals surface area (Å²) in [5.41, 5.74) is 0. The van der Waals surface area contributed by atoms with E-state index in [1.54, 1.807) is 0 Å². The van der Waals surface area contributed by atoms with Crippen molar-refractivity contribution in [2.45, 2.75) is 31.7 Å². The van der Waals surface area contributed by atoms with E-state index < -0.39 is 0 Å². The predicted molar refractivity (Wildman–Crippen MR) is 65.3 cm³/mol. The standard InChI is InChI=1S/C12H19ClN2O/c1-9(13)8-15-6-4-11(5-7-15)14-12(16)10-2-3-10/h10-11H,1-8H2,(H,14,16). The second-order valence-electron chi connectivity index (χ2n) is 4.85. The number of carbonyl (C=O) groups is 1. The lowest BCUT2D eigenvalue weighted by molar-refractivity contribution is -0.123. The molecule has 0 atom stereocenters. The fourth-order valence-electron chi connectivity index (χ4n) is 2.14. The monoisotopic (exact) mass is 242 g/mol. The first-order chi connectivity index (χ1) is 7.65. The van der Waals surface area contributed by atoms with Gasteiger partial charge >= 0.3 is 0 Å². The van der Waals surface area contributed by atoms with Gasteiger partial charge in [-0.25, -0.2) is 0 Å². The van der Waals surface area contributed by atoms with Crippen molar-refractivity contribution in [3.05, 3.63) is 11.6 Å². The lowest BCUT2D eigenvalue weighted by Crippen LogP contribution is -2.45. The van der Waals surface area contributed by atoms with E-state index in [1.807, 2.05) is 0 Å². The van der Waals surface area contributed by atoms with Gasteiger partial charge in [0, 0.05) is 36.6 Å². The Morgan fingerprint density at radius 3 is 2.44 bits per heavy atom. The highest BCUT2D eigenvalue weighted by molar-refractivity contribution is 6.29. The van der Waals surface area contributed by atoms with Gasteiger partial charge in [0.1, 0.15) is 0 Å². The molecule has 2 rings (SSSR count). The third-order valence-electron chi connectivity index (χ3n) is 3.28. The van der Waals surface area contributed by atoms with Gasteiger partial charge < -0.3 is 5.32 Å². The first-order valence-electron chi connectivity index (χ1n) is 6.01. The van der Waals surface area contributed by atoms with Crippen LogP contribution in [0.25, 0.3) is 0 Å². The van der Waals surface area contributed by atoms with Gasteiger partial charge in [-0.3, -0.25) is 9.69 Å². The molecular formula is C12H19ClN2O. The summed E-state index contributed by atoms with van der Waals surface area (Å²) in [6.45, 7) is 6.47. The summed E-state index contributed by atoms with van der Waals surface area (Å²) in [4.78, 5) is 13.9. The van der Waals surface area contributed by atoms with Crippen molar-refractivity contribution < 1.29 is 4.79 Å². The number of carbonyl (C=O) groups excluding carboxylic acids is 1. The molecule has 0 bridgehead atoms. The number of halogens is 1. The van der Waals surface area contributed by atoms with Gasteiger partial charge in [-0.1, -0.05) is 18.2 Å². The van der Waals surface area contributed by atoms with E-state index in [9.17, 15) is 4.79 Å². The first kappa shape index (κ1) is 11.9. The molecule has 2 aliphatic rings. The van der Waals surface area contributed by atoms with Crippen LogP contribution in [-0.2, 0) is 4.79 Å². The van der Waals surface area contributed by atoms with Crippen molar-refractivity contribution in [1.29, 1.82) is 0 Å². The Morgan fingerprint density at radius 1 is 1.31 bits per heavy atom. The molecule has 0 aromatic heterocycles. The van der Waals surface area contributed by atoms with Crippen molar-refractivity contribution in [2.75, 3.05) is 19.6 Å². The van der Waals surface area contributed by atoms with E-state index in [4.69, 9.17) is 11.6 Å². The maximum Gasteiger partial charge on any atom is 0.223 e. The highest BCUT2D eigenvalue weighted by Gasteiger charge is 2.31. The van der Waals surface area contributed by atoms with Crippen molar-refractivity contribution in [3.8, 4) is 0 Å². The van der Waals surface area contributed by atoms with E-state index in [0.29, 0.717) is 17.0 Å². The summed E-state index contributed by atoms with van der Waals surface area (Å²) in [5, 5.41) is 3.83. The van der Waals surface area contributed by atoms with Crippen LogP contribution in [0.3, 0.4) is 0 Å². The molecule has 3 nitrogen and oxygen atoms in total. The van der Waals surface area contributed by atoms with Gasteiger partial charge in [0.15, 0.2) is 0 Å². The number of hydrogen-bond acceptors (Lipinski definition) is 2. The van der Waals surface area contributed by atoms with Gasteiger partial charge in [-0.15, -0.1) is 0 Å². The van der Waals surface area contributed by atoms with E-state index in [-0.39, 0.29) is 5.91 Å². The zero-order chi connectivity index (χ0) is 11.5. The Balaban J connectivity index is 1.68. The molecule has 1 aliphatic carbocycles. The zero-order valence-electron chi connectivity index (χ0n) is 9.54. The third-order valence-corrected chi connectivity index (χ3v) is 3.40. The SMILES string of the molecule is C=C(Cl)CN1CCC(NC(=O)C2CC2)CC1. The van der Waals surface area contributed by atoms with Crippen LogP contribution in [0, 0.1) is 5.92 Å². The molecule has 1 N–H and O–H groups in total. The normalized spacial score (nSPS) is 23.1. The average Bonchev–Trinajstić information content (AvgIpc) is 3.03. The van der Waals surface area contributed by atoms with Crippen LogP contribution in [0.2, 0.25) is 0 Å². The van der Waals surface area contributed by atoms with Crippen LogP contribution >= 0.6 is 11.6 Å². The average molecular weight is 243 g/mol. The molecule has 0 spiro atoms. The van der Waals surface area contributed by atoms with Gasteiger partial charge in [0.05, 0.1) is 0 Å². The summed E-state index contributed by atoms with van der Waals surface area (Å²) in [7, 11) is 0. The second kappa shape index (κ2) is 5.19. The molecule has 1 aliphatic heterocycles. The Labute approximate surface area is 102 Å². The summed E-state index contributed by atoms with van der Waals surface area (Å²) in [6, 6.07) is 0.368. The molecule has 1 saturated heterocycles. The molecule has 0 aromatic carbocycles. The molecule has 4 heteroatoms. The molecule has 0 radical (unpaired) electrons. The maximum absolute atomic E-state index is 11.6. The number of nitrogens with zero attached hydrogens (tertiary/aromatic N) is 1. The minimum atomic E-state index is 0.264. The Bertz CT molecular complexity index is 281. The van der Waals surface area contributed by atoms with Crippen molar-refractivity contribution in [3.63, 3.8) is 0 Å². The number of hydrogen-bond donors (Lipinski definition) is 1. The molecule has 90 valence electrons. The maximum atomic E-state index is 11.6. The Morgan fingerprint density at radius 2 is 1.94 bits per heavy atom. The summed E-state index contributed by atoms with van der Waals surface area (Å²) < 4.78 is 0. The van der Waals surface area contributed by atoms with Gasteiger partial charge in [-0.2, -0.15) is 0 Å². The van der Waals surface area contributed by atoms with Crippen LogP contribution in [0.1, 0.15) is 25.7 Å². The number of piperidine rings is 1. The quantitative estimate of drug-likeness (QED) is 0.815. The molecule has 1 heterocycles. The second-order valence-corrected chi connectivity index (χ2v) is 5.39. The third kappa shape index (κ3) is 3.49. The predicted octanol–water partition coefficient (Wildman–Crippen LogP) is 1.73. The minimum Gasteiger partial charge on any atom is -0.353 e. The lowest BCUT2D eigenvalue weighted by Gasteiger charge is -2.32. The topological polar surface area (TPSA) is 32.3 Å². The number of rotatable bonds is 4. The van der Waals surface area contributed by atoms with Gasteiger partial charge in [-0.05, 0) is 25.7 Å². The highest BCUT2D eigenvalue weighted by atomic mass is 35.5. The van der Waals surface area contributed by atoms with Crippen LogP contribution in [0.15, 0.2) is 11.6 Å². The molecule has 1 amide bonds. The van der Waals surface area contributed by atoms with E-state index >= 15 is 0 Å². The number of nitrogens with one attached hydrogen (secondary N) is 1. The largest absolute Gasteiger partial charge is 0.353 e. The van der Waals surface area contributed by atoms with Crippen LogP contribution in [0.4, 0.5) is 0 Å². The Hall–Kier alpha value is -0.540. The first-order valence-corrected chi connectivity index (χ1v) is 6.39. The summed E-state index contributed by atoms with van der Waals surface area (Å²) >= 11 is 5.78. The van der Waals surface area contributed by atoms with E-state index in [2.05, 4.69) is 16.8 Å². The molecule has 16 heavy (non-hydrogen) atoms. The molecule has 0 aromatic rings. The highest BCUT2D eigenvalue weighted by Crippen LogP contribution is 2.29. The van der Waals surface area contributed by atoms with Crippen LogP contribution in [-0.4, -0.2) is 36.5 Å². The molecule has 1 saturated carbocycles.